The Bertz CT molecular complexity index is 2190. The van der Waals surface area contributed by atoms with Gasteiger partial charge >= 0.3 is 11.8 Å². The van der Waals surface area contributed by atoms with Crippen LogP contribution >= 0.6 is 0 Å². The van der Waals surface area contributed by atoms with E-state index >= 15 is 0 Å². The van der Waals surface area contributed by atoms with Gasteiger partial charge < -0.3 is 49.8 Å². The van der Waals surface area contributed by atoms with Gasteiger partial charge in [0.05, 0.1) is 53.0 Å². The first-order chi connectivity index (χ1) is 29.8. The highest BCUT2D eigenvalue weighted by Crippen LogP contribution is 2.55. The number of hydrogen-bond acceptors (Lipinski definition) is 15. The Morgan fingerprint density at radius 3 is 2.22 bits per heavy atom. The largest absolute Gasteiger partial charge is 0.507 e. The number of rotatable bonds is 5. The van der Waals surface area contributed by atoms with Gasteiger partial charge in [-0.2, -0.15) is 5.10 Å². The van der Waals surface area contributed by atoms with E-state index in [4.69, 9.17) is 18.9 Å². The number of nitrogens with one attached hydrogen (secondary N) is 1. The summed E-state index contributed by atoms with van der Waals surface area (Å²) in [7, 11) is 1.44. The fourth-order valence-corrected chi connectivity index (χ4v) is 9.47. The van der Waals surface area contributed by atoms with Crippen molar-refractivity contribution in [3.05, 3.63) is 52.8 Å². The van der Waals surface area contributed by atoms with Gasteiger partial charge in [-0.25, -0.2) is 0 Å². The molecule has 4 heterocycles. The van der Waals surface area contributed by atoms with Crippen LogP contribution in [0, 0.1) is 30.6 Å². The van der Waals surface area contributed by atoms with E-state index in [0.717, 1.165) is 13.1 Å². The van der Waals surface area contributed by atoms with E-state index in [0.29, 0.717) is 19.1 Å². The summed E-state index contributed by atoms with van der Waals surface area (Å²) in [5.74, 6) is -8.28. The summed E-state index contributed by atoms with van der Waals surface area (Å²) < 4.78 is 23.7. The van der Waals surface area contributed by atoms with Crippen molar-refractivity contribution in [1.82, 2.24) is 9.91 Å². The second-order valence-corrected chi connectivity index (χ2v) is 17.8. The number of methoxy groups -OCH3 is 1. The molecule has 344 valence electrons. The average Bonchev–Trinajstić information content (AvgIpc) is 3.89. The highest BCUT2D eigenvalue weighted by atomic mass is 16.7. The maximum absolute atomic E-state index is 14.5. The first-order valence-corrected chi connectivity index (χ1v) is 21.9. The lowest BCUT2D eigenvalue weighted by Crippen LogP contribution is -2.47. The smallest absolute Gasteiger partial charge is 0.312 e. The number of aliphatic hydroxyl groups excluding tert-OH is 2. The number of esters is 1. The van der Waals surface area contributed by atoms with Gasteiger partial charge in [-0.05, 0) is 32.8 Å². The zero-order valence-corrected chi connectivity index (χ0v) is 37.8. The Morgan fingerprint density at radius 2 is 1.59 bits per heavy atom. The second-order valence-electron chi connectivity index (χ2n) is 17.8. The predicted molar refractivity (Wildman–Crippen MR) is 237 cm³/mol. The molecule has 1 amide bonds. The zero-order chi connectivity index (χ0) is 46.1. The fraction of sp³-hybridized carbons (Fsp3) is 0.574. The molecule has 2 aromatic rings. The average molecular weight is 877 g/mol. The van der Waals surface area contributed by atoms with E-state index < -0.39 is 88.8 Å². The molecule has 7 rings (SSSR count). The third kappa shape index (κ3) is 9.40. The number of aromatic hydroxyl groups is 3. The van der Waals surface area contributed by atoms with Gasteiger partial charge in [-0.1, -0.05) is 58.8 Å². The first-order valence-electron chi connectivity index (χ1n) is 21.9. The number of hydrazone groups is 1. The number of anilines is 1. The number of phenols is 3. The van der Waals surface area contributed by atoms with E-state index in [9.17, 15) is 39.9 Å². The molecule has 0 aromatic heterocycles. The zero-order valence-electron chi connectivity index (χ0n) is 37.8. The van der Waals surface area contributed by atoms with Gasteiger partial charge in [-0.15, -0.1) is 0 Å². The van der Waals surface area contributed by atoms with Crippen molar-refractivity contribution in [3.63, 3.8) is 0 Å². The number of benzene rings is 2. The van der Waals surface area contributed by atoms with E-state index in [1.165, 1.54) is 85.1 Å². The number of amides is 1. The number of hydrogen-bond donors (Lipinski definition) is 6. The Kier molecular flexibility index (Phi) is 14.5. The summed E-state index contributed by atoms with van der Waals surface area (Å²) in [5.41, 5.74) is -0.293. The number of ether oxygens (including phenoxy) is 4. The van der Waals surface area contributed by atoms with E-state index in [2.05, 4.69) is 15.3 Å². The third-order valence-corrected chi connectivity index (χ3v) is 13.5. The lowest BCUT2D eigenvalue weighted by Gasteiger charge is -2.38. The number of ketones is 1. The summed E-state index contributed by atoms with van der Waals surface area (Å²) in [6.07, 6.45) is 9.75. The van der Waals surface area contributed by atoms with Crippen LogP contribution in [-0.2, 0) is 23.8 Å². The van der Waals surface area contributed by atoms with Crippen molar-refractivity contribution < 1.29 is 58.9 Å². The van der Waals surface area contributed by atoms with Gasteiger partial charge in [0.1, 0.15) is 23.4 Å². The number of carbonyl (C=O) groups is 3. The molecule has 4 aliphatic heterocycles. The van der Waals surface area contributed by atoms with E-state index in [-0.39, 0.29) is 44.5 Å². The molecule has 1 aliphatic carbocycles. The third-order valence-electron chi connectivity index (χ3n) is 13.5. The Hall–Kier alpha value is -5.16. The lowest BCUT2D eigenvalue weighted by molar-refractivity contribution is -0.160. The van der Waals surface area contributed by atoms with Crippen molar-refractivity contribution in [2.45, 2.75) is 117 Å². The molecule has 1 saturated heterocycles. The molecule has 0 unspecified atom stereocenters. The maximum Gasteiger partial charge on any atom is 0.312 e. The van der Waals surface area contributed by atoms with Crippen LogP contribution in [0.3, 0.4) is 0 Å². The quantitative estimate of drug-likeness (QED) is 0.0926. The minimum atomic E-state index is -2.04. The van der Waals surface area contributed by atoms with E-state index in [1.807, 2.05) is 5.01 Å². The van der Waals surface area contributed by atoms with Crippen LogP contribution in [0.15, 0.2) is 41.2 Å². The summed E-state index contributed by atoms with van der Waals surface area (Å²) >= 11 is 0. The molecule has 63 heavy (non-hydrogen) atoms. The Balaban J connectivity index is 1.47. The maximum atomic E-state index is 14.5. The molecule has 1 saturated carbocycles. The molecule has 0 radical (unpaired) electrons. The molecule has 6 N–H and O–H groups in total. The van der Waals surface area contributed by atoms with Crippen molar-refractivity contribution in [2.24, 2.45) is 28.8 Å². The highest BCUT2D eigenvalue weighted by Gasteiger charge is 2.50. The monoisotopic (exact) mass is 876 g/mol. The number of Topliss-reactive ketones (excluding diaryl/α,β-unsaturated/α-hetero) is 1. The van der Waals surface area contributed by atoms with Crippen molar-refractivity contribution in [3.8, 4) is 23.0 Å². The van der Waals surface area contributed by atoms with Crippen LogP contribution in [-0.4, -0.2) is 129 Å². The molecule has 5 bridgehead atoms. The van der Waals surface area contributed by atoms with Crippen LogP contribution in [0.2, 0.25) is 0 Å². The summed E-state index contributed by atoms with van der Waals surface area (Å²) in [5, 5.41) is 67.6. The molecule has 16 nitrogen and oxygen atoms in total. The van der Waals surface area contributed by atoms with Gasteiger partial charge in [0.2, 0.25) is 0 Å². The van der Waals surface area contributed by atoms with Crippen LogP contribution in [0.4, 0.5) is 5.69 Å². The van der Waals surface area contributed by atoms with Gasteiger partial charge in [0.25, 0.3) is 11.7 Å². The number of allylic oxidation sites excluding steroid dienone is 2. The van der Waals surface area contributed by atoms with Crippen LogP contribution < -0.4 is 10.1 Å². The number of carbonyl (C=O) groups excluding carboxylic acids is 3. The second kappa shape index (κ2) is 19.3. The number of phenolic OH excluding ortho intramolecular Hbond substituents is 3. The number of piperazine rings is 1. The summed E-state index contributed by atoms with van der Waals surface area (Å²) in [6.45, 7) is 15.4. The van der Waals surface area contributed by atoms with Gasteiger partial charge in [-0.3, -0.25) is 24.3 Å². The lowest BCUT2D eigenvalue weighted by atomic mass is 9.78. The van der Waals surface area contributed by atoms with Gasteiger partial charge in [0, 0.05) is 93.4 Å². The van der Waals surface area contributed by atoms with E-state index in [1.54, 1.807) is 39.8 Å². The number of fused-ring (bicyclic) bond motifs is 14. The standard InChI is InChI=1S/C47H64N4O12/c1-24-13-12-14-25(2)46(59)49-37-32(23-48-51-20-18-50(19-21-51)31-15-10-11-16-31)41(56)34-35(42(37)57)40(55)29(6)44-36(34)45(58)47(8,63-44)61-22-17-33(60-9)26(3)43(62-30(7)52)28(5)39(54)27(4)38(24)53/h12-14,17,22-24,26-28,31,33,38-39,43,53-57H,10-11,15-16,18-21H2,1-9H3,(H,49,59)/b13-12-,22-17-,25-14?,48-23+/t24-,26+,27+,28+,33-,38-,39+,43+,47-/m0/s1. The Morgan fingerprint density at radius 1 is 0.921 bits per heavy atom. The molecule has 2 aromatic carbocycles. The van der Waals surface area contributed by atoms with Crippen LogP contribution in [0.25, 0.3) is 10.8 Å². The molecule has 9 atom stereocenters. The Labute approximate surface area is 368 Å². The minimum Gasteiger partial charge on any atom is -0.507 e. The number of aliphatic hydroxyl groups is 2. The first kappa shape index (κ1) is 47.3. The highest BCUT2D eigenvalue weighted by molar-refractivity contribution is 6.23. The molecule has 5 aliphatic rings. The van der Waals surface area contributed by atoms with Crippen molar-refractivity contribution in [2.75, 3.05) is 38.6 Å². The van der Waals surface area contributed by atoms with Crippen LogP contribution in [0.5, 0.6) is 23.0 Å². The summed E-state index contributed by atoms with van der Waals surface area (Å²) in [6, 6.07) is 0.553. The molecule has 0 spiro atoms. The van der Waals surface area contributed by atoms with Crippen LogP contribution in [0.1, 0.15) is 95.6 Å². The molecule has 2 fully saturated rings. The van der Waals surface area contributed by atoms with Gasteiger partial charge in [0.15, 0.2) is 5.75 Å². The molecule has 16 heteroatoms. The number of nitrogens with zero attached hydrogens (tertiary/aromatic N) is 3. The molecular formula is C47H64N4O12. The van der Waals surface area contributed by atoms with Crippen molar-refractivity contribution in [1.29, 1.82) is 0 Å². The summed E-state index contributed by atoms with van der Waals surface area (Å²) in [4.78, 5) is 43.2. The fourth-order valence-electron chi connectivity index (χ4n) is 9.47. The normalized spacial score (nSPS) is 31.5. The topological polar surface area (TPSA) is 220 Å². The van der Waals surface area contributed by atoms with Crippen molar-refractivity contribution >= 4 is 40.3 Å². The minimum absolute atomic E-state index is 0.0631. The predicted octanol–water partition coefficient (Wildman–Crippen LogP) is 5.65. The molecular weight excluding hydrogens is 813 g/mol. The SMILES string of the molecule is CO[C@H]1/C=C\O[C@@]2(C)Oc3c(C)c(O)c4c(O)c(c(/C=N/N5CCN(C6CCCC6)CC5)c(O)c4c3C2=O)NC(=O)C(C)=C/C=C\[C@H](C)[C@H](O)[C@@H](C)[C@@H](O)[C@@H](C)[C@H](OC(C)=O)[C@@H]1C.